The molecule has 1 N–H and O–H groups in total. The van der Waals surface area contributed by atoms with E-state index in [0.717, 1.165) is 11.3 Å². The number of fused-ring (bicyclic) bond motifs is 2. The van der Waals surface area contributed by atoms with Crippen LogP contribution in [-0.2, 0) is 11.2 Å². The molecule has 4 rings (SSSR count). The van der Waals surface area contributed by atoms with Gasteiger partial charge in [0.25, 0.3) is 0 Å². The zero-order valence-electron chi connectivity index (χ0n) is 11.8. The summed E-state index contributed by atoms with van der Waals surface area (Å²) >= 11 is 0. The molecule has 1 amide bonds. The summed E-state index contributed by atoms with van der Waals surface area (Å²) in [5.41, 5.74) is 5.70. The van der Waals surface area contributed by atoms with E-state index in [0.29, 0.717) is 6.42 Å². The summed E-state index contributed by atoms with van der Waals surface area (Å²) in [6, 6.07) is 19.0. The van der Waals surface area contributed by atoms with Crippen LogP contribution in [0.4, 0.5) is 5.69 Å². The molecule has 2 heteroatoms. The third-order valence-corrected chi connectivity index (χ3v) is 4.18. The molecule has 0 fully saturated rings. The monoisotopic (exact) mass is 273 g/mol. The third kappa shape index (κ3) is 1.91. The Balaban J connectivity index is 1.94. The van der Waals surface area contributed by atoms with Crippen LogP contribution in [0.1, 0.15) is 11.1 Å². The van der Waals surface area contributed by atoms with Crippen LogP contribution < -0.4 is 5.32 Å². The highest BCUT2D eigenvalue weighted by Gasteiger charge is 2.18. The summed E-state index contributed by atoms with van der Waals surface area (Å²) in [5, 5.41) is 5.42. The van der Waals surface area contributed by atoms with E-state index < -0.39 is 0 Å². The van der Waals surface area contributed by atoms with Crippen molar-refractivity contribution in [1.82, 2.24) is 0 Å². The van der Waals surface area contributed by atoms with Crippen molar-refractivity contribution in [3.63, 3.8) is 0 Å². The lowest BCUT2D eigenvalue weighted by Gasteiger charge is -2.10. The van der Waals surface area contributed by atoms with Crippen molar-refractivity contribution >= 4 is 22.4 Å². The molecule has 1 aliphatic heterocycles. The summed E-state index contributed by atoms with van der Waals surface area (Å²) < 4.78 is 0. The summed E-state index contributed by atoms with van der Waals surface area (Å²) in [6.07, 6.45) is 0.479. The summed E-state index contributed by atoms with van der Waals surface area (Å²) in [6.45, 7) is 2.14. The fourth-order valence-corrected chi connectivity index (χ4v) is 3.10. The van der Waals surface area contributed by atoms with Gasteiger partial charge in [-0.15, -0.1) is 0 Å². The average molecular weight is 273 g/mol. The normalized spacial score (nSPS) is 13.3. The second-order valence-electron chi connectivity index (χ2n) is 5.57. The molecule has 0 aliphatic carbocycles. The van der Waals surface area contributed by atoms with Gasteiger partial charge in [-0.05, 0) is 52.1 Å². The van der Waals surface area contributed by atoms with E-state index in [-0.39, 0.29) is 5.91 Å². The Hall–Kier alpha value is -2.61. The Morgan fingerprint density at radius 1 is 0.952 bits per heavy atom. The Kier molecular flexibility index (Phi) is 2.58. The first kappa shape index (κ1) is 12.2. The van der Waals surface area contributed by atoms with Crippen LogP contribution in [0, 0.1) is 6.92 Å². The fourth-order valence-electron chi connectivity index (χ4n) is 3.10. The topological polar surface area (TPSA) is 29.1 Å². The van der Waals surface area contributed by atoms with Crippen LogP contribution in [0.25, 0.3) is 21.9 Å². The van der Waals surface area contributed by atoms with Gasteiger partial charge in [0, 0.05) is 5.69 Å². The third-order valence-electron chi connectivity index (χ3n) is 4.18. The number of aryl methyl sites for hydroxylation is 1. The number of hydrogen-bond donors (Lipinski definition) is 1. The molecule has 102 valence electrons. The first-order chi connectivity index (χ1) is 10.2. The Labute approximate surface area is 123 Å². The average Bonchev–Trinajstić information content (AvgIpc) is 2.87. The molecule has 3 aromatic carbocycles. The predicted molar refractivity (Wildman–Crippen MR) is 86.5 cm³/mol. The molecule has 3 aromatic rings. The fraction of sp³-hybridized carbons (Fsp3) is 0.105. The molecule has 0 saturated heterocycles. The minimum atomic E-state index is 0.0796. The van der Waals surface area contributed by atoms with Gasteiger partial charge in [0.05, 0.1) is 6.42 Å². The van der Waals surface area contributed by atoms with Gasteiger partial charge >= 0.3 is 0 Å². The zero-order valence-corrected chi connectivity index (χ0v) is 11.8. The predicted octanol–water partition coefficient (Wildman–Crippen LogP) is 4.31. The Morgan fingerprint density at radius 2 is 1.76 bits per heavy atom. The van der Waals surface area contributed by atoms with E-state index in [2.05, 4.69) is 60.8 Å². The number of carbonyl (C=O) groups is 1. The number of rotatable bonds is 1. The lowest BCUT2D eigenvalue weighted by Crippen LogP contribution is -2.03. The molecule has 2 nitrogen and oxygen atoms in total. The van der Waals surface area contributed by atoms with Gasteiger partial charge in [-0.1, -0.05) is 42.5 Å². The molecule has 0 radical (unpaired) electrons. The van der Waals surface area contributed by atoms with Gasteiger partial charge < -0.3 is 5.32 Å². The van der Waals surface area contributed by atoms with Gasteiger partial charge in [0.15, 0.2) is 0 Å². The van der Waals surface area contributed by atoms with Crippen molar-refractivity contribution in [2.24, 2.45) is 0 Å². The molecular formula is C19H15NO. The lowest BCUT2D eigenvalue weighted by atomic mass is 9.94. The van der Waals surface area contributed by atoms with Gasteiger partial charge in [0.1, 0.15) is 0 Å². The van der Waals surface area contributed by atoms with E-state index >= 15 is 0 Å². The van der Waals surface area contributed by atoms with Crippen LogP contribution in [-0.4, -0.2) is 5.91 Å². The number of hydrogen-bond acceptors (Lipinski definition) is 1. The molecule has 1 heterocycles. The van der Waals surface area contributed by atoms with Gasteiger partial charge in [-0.25, -0.2) is 0 Å². The maximum absolute atomic E-state index is 11.5. The minimum Gasteiger partial charge on any atom is -0.326 e. The molecule has 0 saturated carbocycles. The van der Waals surface area contributed by atoms with Crippen LogP contribution >= 0.6 is 0 Å². The number of benzene rings is 3. The van der Waals surface area contributed by atoms with Gasteiger partial charge in [-0.2, -0.15) is 0 Å². The lowest BCUT2D eigenvalue weighted by molar-refractivity contribution is -0.115. The SMILES string of the molecule is Cc1ccc(-c2ccc3c(c2)CC(=O)N3)c2ccccc12. The van der Waals surface area contributed by atoms with Crippen LogP contribution in [0.2, 0.25) is 0 Å². The largest absolute Gasteiger partial charge is 0.326 e. The van der Waals surface area contributed by atoms with E-state index in [1.807, 2.05) is 6.07 Å². The van der Waals surface area contributed by atoms with E-state index in [9.17, 15) is 4.79 Å². The molecule has 0 aromatic heterocycles. The Bertz CT molecular complexity index is 880. The highest BCUT2D eigenvalue weighted by molar-refractivity contribution is 6.02. The van der Waals surface area contributed by atoms with E-state index in [4.69, 9.17) is 0 Å². The van der Waals surface area contributed by atoms with Gasteiger partial charge in [-0.3, -0.25) is 4.79 Å². The van der Waals surface area contributed by atoms with E-state index in [1.54, 1.807) is 0 Å². The van der Waals surface area contributed by atoms with Crippen LogP contribution in [0.5, 0.6) is 0 Å². The van der Waals surface area contributed by atoms with Crippen molar-refractivity contribution in [3.8, 4) is 11.1 Å². The molecule has 0 atom stereocenters. The molecule has 0 spiro atoms. The molecule has 1 aliphatic rings. The highest BCUT2D eigenvalue weighted by Crippen LogP contribution is 2.34. The second-order valence-corrected chi connectivity index (χ2v) is 5.57. The summed E-state index contributed by atoms with van der Waals surface area (Å²) in [7, 11) is 0. The number of amides is 1. The Morgan fingerprint density at radius 3 is 2.62 bits per heavy atom. The summed E-state index contributed by atoms with van der Waals surface area (Å²) in [5.74, 6) is 0.0796. The second kappa shape index (κ2) is 4.45. The maximum atomic E-state index is 11.5. The number of carbonyl (C=O) groups excluding carboxylic acids is 1. The maximum Gasteiger partial charge on any atom is 0.228 e. The van der Waals surface area contributed by atoms with E-state index in [1.165, 1.54) is 27.5 Å². The first-order valence-corrected chi connectivity index (χ1v) is 7.14. The summed E-state index contributed by atoms with van der Waals surface area (Å²) in [4.78, 5) is 11.5. The molecular weight excluding hydrogens is 258 g/mol. The molecule has 21 heavy (non-hydrogen) atoms. The van der Waals surface area contributed by atoms with Crippen LogP contribution in [0.3, 0.4) is 0 Å². The number of nitrogens with one attached hydrogen (secondary N) is 1. The molecule has 0 unspecified atom stereocenters. The smallest absolute Gasteiger partial charge is 0.228 e. The quantitative estimate of drug-likeness (QED) is 0.703. The minimum absolute atomic E-state index is 0.0796. The first-order valence-electron chi connectivity index (χ1n) is 7.14. The van der Waals surface area contributed by atoms with Gasteiger partial charge in [0.2, 0.25) is 5.91 Å². The van der Waals surface area contributed by atoms with Crippen molar-refractivity contribution in [2.75, 3.05) is 5.32 Å². The zero-order chi connectivity index (χ0) is 14.4. The number of anilines is 1. The molecule has 0 bridgehead atoms. The van der Waals surface area contributed by atoms with Crippen molar-refractivity contribution in [3.05, 3.63) is 65.7 Å². The van der Waals surface area contributed by atoms with Crippen molar-refractivity contribution < 1.29 is 4.79 Å². The highest BCUT2D eigenvalue weighted by atomic mass is 16.1. The van der Waals surface area contributed by atoms with Crippen molar-refractivity contribution in [2.45, 2.75) is 13.3 Å². The van der Waals surface area contributed by atoms with Crippen molar-refractivity contribution in [1.29, 1.82) is 0 Å². The van der Waals surface area contributed by atoms with Crippen LogP contribution in [0.15, 0.2) is 54.6 Å². The standard InChI is InChI=1S/C19H15NO/c1-12-6-8-16(17-5-3-2-4-15(12)17)13-7-9-18-14(10-13)11-19(21)20-18/h2-10H,11H2,1H3,(H,20,21).